The highest BCUT2D eigenvalue weighted by Crippen LogP contribution is 2.24. The molecule has 0 spiro atoms. The number of hydrogen-bond acceptors (Lipinski definition) is 4. The van der Waals surface area contributed by atoms with Crippen LogP contribution in [-0.2, 0) is 7.05 Å². The van der Waals surface area contributed by atoms with Crippen LogP contribution in [-0.4, -0.2) is 70.8 Å². The minimum atomic E-state index is 0.102. The molecule has 1 aromatic carbocycles. The molecule has 2 saturated heterocycles. The molecular formula is C21H28ClN5O. The molecule has 150 valence electrons. The molecule has 0 N–H and O–H groups in total. The van der Waals surface area contributed by atoms with Crippen molar-refractivity contribution in [3.05, 3.63) is 46.7 Å². The fraction of sp³-hybridized carbons (Fsp3) is 0.524. The molecule has 0 aliphatic carbocycles. The lowest BCUT2D eigenvalue weighted by atomic mass is 10.0. The third-order valence-electron chi connectivity index (χ3n) is 5.91. The van der Waals surface area contributed by atoms with Crippen molar-refractivity contribution in [2.45, 2.75) is 25.8 Å². The lowest BCUT2D eigenvalue weighted by molar-refractivity contribution is 0.0553. The Morgan fingerprint density at radius 1 is 1.14 bits per heavy atom. The van der Waals surface area contributed by atoms with E-state index in [-0.39, 0.29) is 5.91 Å². The first kappa shape index (κ1) is 19.3. The number of aromatic nitrogens is 2. The maximum absolute atomic E-state index is 13.0. The Morgan fingerprint density at radius 3 is 2.61 bits per heavy atom. The first-order chi connectivity index (χ1) is 13.5. The molecule has 28 heavy (non-hydrogen) atoms. The summed E-state index contributed by atoms with van der Waals surface area (Å²) in [5, 5.41) is 5.11. The highest BCUT2D eigenvalue weighted by atomic mass is 35.5. The Morgan fingerprint density at radius 2 is 1.93 bits per heavy atom. The van der Waals surface area contributed by atoms with Gasteiger partial charge in [-0.3, -0.25) is 14.4 Å². The molecule has 1 amide bonds. The van der Waals surface area contributed by atoms with E-state index in [1.165, 1.54) is 5.69 Å². The summed E-state index contributed by atoms with van der Waals surface area (Å²) in [6.45, 7) is 7.59. The summed E-state index contributed by atoms with van der Waals surface area (Å²) in [5.41, 5.74) is 2.76. The van der Waals surface area contributed by atoms with Gasteiger partial charge in [0.2, 0.25) is 0 Å². The number of likely N-dealkylation sites (tertiary alicyclic amines) is 1. The van der Waals surface area contributed by atoms with Gasteiger partial charge >= 0.3 is 0 Å². The topological polar surface area (TPSA) is 44.6 Å². The van der Waals surface area contributed by atoms with Crippen LogP contribution in [0.1, 0.15) is 29.0 Å². The van der Waals surface area contributed by atoms with Gasteiger partial charge in [-0.15, -0.1) is 0 Å². The molecule has 0 bridgehead atoms. The second-order valence-electron chi connectivity index (χ2n) is 7.84. The average Bonchev–Trinajstić information content (AvgIpc) is 3.05. The molecule has 2 aliphatic heterocycles. The van der Waals surface area contributed by atoms with Gasteiger partial charge in [-0.2, -0.15) is 5.10 Å². The van der Waals surface area contributed by atoms with Gasteiger partial charge in [-0.25, -0.2) is 0 Å². The Balaban J connectivity index is 1.36. The fourth-order valence-corrected chi connectivity index (χ4v) is 4.61. The maximum atomic E-state index is 13.0. The zero-order valence-corrected chi connectivity index (χ0v) is 17.4. The largest absolute Gasteiger partial charge is 0.369 e. The Kier molecular flexibility index (Phi) is 5.60. The van der Waals surface area contributed by atoms with Gasteiger partial charge < -0.3 is 9.80 Å². The number of hydrogen-bond donors (Lipinski definition) is 0. The lowest BCUT2D eigenvalue weighted by Crippen LogP contribution is -2.56. The minimum Gasteiger partial charge on any atom is -0.369 e. The van der Waals surface area contributed by atoms with Gasteiger partial charge in [-0.1, -0.05) is 17.7 Å². The SMILES string of the molecule is Cc1cc(C(=O)N2CCC[C@H](N3CCN(c4cccc(Cl)c4)CC3)C2)n(C)n1. The standard InChI is InChI=1S/C21H28ClN5O/c1-16-13-20(24(2)23-16)21(28)27-8-4-7-19(15-27)26-11-9-25(10-12-26)18-6-3-5-17(22)14-18/h3,5-6,13-14,19H,4,7-12,15H2,1-2H3/t19-/m0/s1. The highest BCUT2D eigenvalue weighted by molar-refractivity contribution is 6.30. The highest BCUT2D eigenvalue weighted by Gasteiger charge is 2.31. The van der Waals surface area contributed by atoms with Crippen molar-refractivity contribution in [2.75, 3.05) is 44.2 Å². The predicted octanol–water partition coefficient (Wildman–Crippen LogP) is 2.81. The van der Waals surface area contributed by atoms with Crippen LogP contribution < -0.4 is 4.90 Å². The summed E-state index contributed by atoms with van der Waals surface area (Å²) in [6.07, 6.45) is 2.22. The molecule has 2 aliphatic rings. The normalized spacial score (nSPS) is 21.2. The van der Waals surface area contributed by atoms with E-state index in [0.717, 1.165) is 62.8 Å². The number of benzene rings is 1. The molecule has 0 unspecified atom stereocenters. The van der Waals surface area contributed by atoms with Crippen LogP contribution >= 0.6 is 11.6 Å². The fourth-order valence-electron chi connectivity index (χ4n) is 4.43. The number of aryl methyl sites for hydroxylation is 2. The summed E-state index contributed by atoms with van der Waals surface area (Å²) in [7, 11) is 1.84. The third-order valence-corrected chi connectivity index (χ3v) is 6.14. The van der Waals surface area contributed by atoms with Gasteiger partial charge in [-0.05, 0) is 44.0 Å². The number of anilines is 1. The van der Waals surface area contributed by atoms with Crippen molar-refractivity contribution in [2.24, 2.45) is 7.05 Å². The number of carbonyl (C=O) groups excluding carboxylic acids is 1. The zero-order valence-electron chi connectivity index (χ0n) is 16.6. The van der Waals surface area contributed by atoms with Crippen molar-refractivity contribution in [1.82, 2.24) is 19.6 Å². The molecule has 3 heterocycles. The molecule has 4 rings (SSSR count). The quantitative estimate of drug-likeness (QED) is 0.793. The number of nitrogens with zero attached hydrogens (tertiary/aromatic N) is 5. The van der Waals surface area contributed by atoms with E-state index < -0.39 is 0 Å². The monoisotopic (exact) mass is 401 g/mol. The van der Waals surface area contributed by atoms with Crippen LogP contribution in [0.5, 0.6) is 0 Å². The Labute approximate surface area is 171 Å². The van der Waals surface area contributed by atoms with Crippen molar-refractivity contribution >= 4 is 23.2 Å². The van der Waals surface area contributed by atoms with Crippen LogP contribution in [0.2, 0.25) is 5.02 Å². The number of amides is 1. The number of rotatable bonds is 3. The Bertz CT molecular complexity index is 843. The lowest BCUT2D eigenvalue weighted by Gasteiger charge is -2.44. The van der Waals surface area contributed by atoms with E-state index in [9.17, 15) is 4.79 Å². The first-order valence-electron chi connectivity index (χ1n) is 10.1. The Hall–Kier alpha value is -2.05. The van der Waals surface area contributed by atoms with Gasteiger partial charge in [0, 0.05) is 63.1 Å². The summed E-state index contributed by atoms with van der Waals surface area (Å²) in [6, 6.07) is 10.4. The van der Waals surface area contributed by atoms with Crippen molar-refractivity contribution in [3.63, 3.8) is 0 Å². The first-order valence-corrected chi connectivity index (χ1v) is 10.4. The van der Waals surface area contributed by atoms with Crippen molar-refractivity contribution in [1.29, 1.82) is 0 Å². The average molecular weight is 402 g/mol. The molecular weight excluding hydrogens is 374 g/mol. The van der Waals surface area contributed by atoms with Crippen LogP contribution in [0.4, 0.5) is 5.69 Å². The molecule has 1 aromatic heterocycles. The molecule has 0 saturated carbocycles. The molecule has 2 fully saturated rings. The second kappa shape index (κ2) is 8.13. The van der Waals surface area contributed by atoms with E-state index in [2.05, 4.69) is 21.0 Å². The molecule has 2 aromatic rings. The van der Waals surface area contributed by atoms with Gasteiger partial charge in [0.1, 0.15) is 5.69 Å². The molecule has 1 atom stereocenters. The van der Waals surface area contributed by atoms with E-state index in [0.29, 0.717) is 11.7 Å². The third kappa shape index (κ3) is 4.03. The van der Waals surface area contributed by atoms with Crippen LogP contribution in [0.25, 0.3) is 0 Å². The van der Waals surface area contributed by atoms with Crippen LogP contribution in [0.15, 0.2) is 30.3 Å². The van der Waals surface area contributed by atoms with Crippen LogP contribution in [0, 0.1) is 6.92 Å². The van der Waals surface area contributed by atoms with Gasteiger partial charge in [0.15, 0.2) is 0 Å². The number of halogens is 1. The summed E-state index contributed by atoms with van der Waals surface area (Å²) in [4.78, 5) is 19.9. The van der Waals surface area contributed by atoms with Gasteiger partial charge in [0.05, 0.1) is 5.69 Å². The number of piperidine rings is 1. The van der Waals surface area contributed by atoms with Gasteiger partial charge in [0.25, 0.3) is 5.91 Å². The molecule has 6 nitrogen and oxygen atoms in total. The van der Waals surface area contributed by atoms with E-state index in [4.69, 9.17) is 11.6 Å². The maximum Gasteiger partial charge on any atom is 0.272 e. The van der Waals surface area contributed by atoms with E-state index in [1.54, 1.807) is 4.68 Å². The summed E-state index contributed by atoms with van der Waals surface area (Å²) >= 11 is 6.14. The predicted molar refractivity (Wildman–Crippen MR) is 112 cm³/mol. The molecule has 0 radical (unpaired) electrons. The molecule has 7 heteroatoms. The van der Waals surface area contributed by atoms with E-state index in [1.807, 2.05) is 43.1 Å². The number of piperazine rings is 1. The van der Waals surface area contributed by atoms with Crippen molar-refractivity contribution in [3.8, 4) is 0 Å². The second-order valence-corrected chi connectivity index (χ2v) is 8.28. The summed E-state index contributed by atoms with van der Waals surface area (Å²) < 4.78 is 1.70. The smallest absolute Gasteiger partial charge is 0.272 e. The van der Waals surface area contributed by atoms with E-state index >= 15 is 0 Å². The zero-order chi connectivity index (χ0) is 19.7. The summed E-state index contributed by atoms with van der Waals surface area (Å²) in [5.74, 6) is 0.102. The minimum absolute atomic E-state index is 0.102. The van der Waals surface area contributed by atoms with Crippen LogP contribution in [0.3, 0.4) is 0 Å². The number of carbonyl (C=O) groups is 1. The van der Waals surface area contributed by atoms with Crippen molar-refractivity contribution < 1.29 is 4.79 Å².